The number of benzene rings is 1. The van der Waals surface area contributed by atoms with Crippen molar-refractivity contribution < 1.29 is 34.2 Å². The smallest absolute Gasteiger partial charge is 0.235 e. The van der Waals surface area contributed by atoms with E-state index in [1.165, 1.54) is 4.90 Å². The van der Waals surface area contributed by atoms with Crippen molar-refractivity contribution in [3.63, 3.8) is 0 Å². The molecule has 0 aromatic heterocycles. The molecule has 4 N–H and O–H groups in total. The molecule has 1 amide bonds. The third-order valence-corrected chi connectivity index (χ3v) is 8.49. The number of aliphatic hydroxyl groups is 1. The Morgan fingerprint density at radius 1 is 1.25 bits per heavy atom. The first-order chi connectivity index (χ1) is 14.8. The van der Waals surface area contributed by atoms with Gasteiger partial charge in [-0.1, -0.05) is 15.9 Å². The number of carbonyl (C=O) groups excluding carboxylic acids is 5. The van der Waals surface area contributed by atoms with Gasteiger partial charge >= 0.3 is 0 Å². The number of likely N-dealkylation sites (N-methyl/N-ethyl adjacent to an activating group) is 1. The molecule has 0 heterocycles. The van der Waals surface area contributed by atoms with E-state index in [1.54, 1.807) is 20.2 Å². The maximum Gasteiger partial charge on any atom is 0.235 e. The zero-order chi connectivity index (χ0) is 23.9. The maximum absolute atomic E-state index is 13.6. The average Bonchev–Trinajstić information content (AvgIpc) is 2.68. The first-order valence-corrected chi connectivity index (χ1v) is 11.8. The van der Waals surface area contributed by atoms with Crippen LogP contribution in [0, 0.1) is 27.2 Å². The van der Waals surface area contributed by atoms with Gasteiger partial charge in [-0.15, -0.1) is 0 Å². The van der Waals surface area contributed by atoms with Gasteiger partial charge in [-0.05, 0) is 67.1 Å². The van der Waals surface area contributed by atoms with Gasteiger partial charge in [-0.3, -0.25) is 28.9 Å². The monoisotopic (exact) mass is 618 g/mol. The lowest BCUT2D eigenvalue weighted by Gasteiger charge is -2.52. The van der Waals surface area contributed by atoms with Gasteiger partial charge in [0, 0.05) is 10.4 Å². The number of hydrogen-bond donors (Lipinski definition) is 3. The Hall–Kier alpha value is -1.70. The molecule has 170 valence electrons. The number of rotatable bonds is 2. The number of Topliss-reactive ketones (excluding diaryl/α,β-unsaturated/α-hetero) is 4. The number of hydrogen-bond acceptors (Lipinski definition) is 8. The molecule has 0 saturated heterocycles. The molecular formula is C21H20BrIN2O7. The number of halogens is 2. The van der Waals surface area contributed by atoms with Crippen LogP contribution < -0.4 is 5.73 Å². The predicted molar refractivity (Wildman–Crippen MR) is 122 cm³/mol. The fraction of sp³-hybridized carbons (Fsp3) is 0.476. The van der Waals surface area contributed by atoms with Crippen LogP contribution in [0.25, 0.3) is 0 Å². The van der Waals surface area contributed by atoms with Gasteiger partial charge in [0.2, 0.25) is 5.91 Å². The number of phenols is 1. The summed E-state index contributed by atoms with van der Waals surface area (Å²) in [7, 11) is 3.09. The first-order valence-electron chi connectivity index (χ1n) is 9.88. The average molecular weight is 619 g/mol. The number of nitrogens with zero attached hydrogens (tertiary/aromatic N) is 1. The Balaban J connectivity index is 1.89. The van der Waals surface area contributed by atoms with Gasteiger partial charge < -0.3 is 15.9 Å². The van der Waals surface area contributed by atoms with Crippen LogP contribution in [0.1, 0.15) is 22.3 Å². The largest absolute Gasteiger partial charge is 0.506 e. The molecule has 1 aromatic carbocycles. The van der Waals surface area contributed by atoms with Crippen molar-refractivity contribution in [1.29, 1.82) is 0 Å². The Kier molecular flexibility index (Phi) is 5.63. The number of aromatic hydroxyl groups is 1. The fourth-order valence-electron chi connectivity index (χ4n) is 5.60. The summed E-state index contributed by atoms with van der Waals surface area (Å²) in [6, 6.07) is 0.557. The highest BCUT2D eigenvalue weighted by Crippen LogP contribution is 2.51. The van der Waals surface area contributed by atoms with E-state index in [-0.39, 0.29) is 24.2 Å². The van der Waals surface area contributed by atoms with Crippen LogP contribution in [0.15, 0.2) is 10.5 Å². The summed E-state index contributed by atoms with van der Waals surface area (Å²) in [5, 5.41) is 22.0. The van der Waals surface area contributed by atoms with E-state index in [4.69, 9.17) is 5.73 Å². The highest BCUT2D eigenvalue weighted by Gasteiger charge is 2.69. The minimum atomic E-state index is -2.70. The number of phenolic OH excluding ortho intramolecular Hbond substituents is 1. The number of fused-ring (bicyclic) bond motifs is 3. The number of primary amides is 1. The number of ketones is 4. The van der Waals surface area contributed by atoms with E-state index in [9.17, 15) is 34.2 Å². The molecule has 3 aliphatic rings. The molecule has 9 nitrogen and oxygen atoms in total. The van der Waals surface area contributed by atoms with Gasteiger partial charge in [0.05, 0.1) is 21.1 Å². The van der Waals surface area contributed by atoms with Crippen LogP contribution in [0.2, 0.25) is 0 Å². The van der Waals surface area contributed by atoms with Gasteiger partial charge in [-0.2, -0.15) is 0 Å². The van der Waals surface area contributed by atoms with Gasteiger partial charge in [0.15, 0.2) is 34.7 Å². The molecular weight excluding hydrogens is 599 g/mol. The summed E-state index contributed by atoms with van der Waals surface area (Å²) in [5.41, 5.74) is 3.10. The summed E-state index contributed by atoms with van der Waals surface area (Å²) in [6.45, 7) is 0. The van der Waals surface area contributed by atoms with Crippen LogP contribution in [-0.2, 0) is 25.6 Å². The molecule has 1 aromatic rings. The van der Waals surface area contributed by atoms with Crippen molar-refractivity contribution in [3.8, 4) is 5.75 Å². The molecule has 0 spiro atoms. The third kappa shape index (κ3) is 2.97. The summed E-state index contributed by atoms with van der Waals surface area (Å²) < 4.78 is 1.00. The topological polar surface area (TPSA) is 155 Å². The molecule has 4 rings (SSSR count). The van der Waals surface area contributed by atoms with E-state index >= 15 is 0 Å². The van der Waals surface area contributed by atoms with E-state index in [0.717, 1.165) is 0 Å². The highest BCUT2D eigenvalue weighted by molar-refractivity contribution is 14.1. The Labute approximate surface area is 205 Å². The molecule has 11 heteroatoms. The van der Waals surface area contributed by atoms with E-state index < -0.39 is 64.4 Å². The van der Waals surface area contributed by atoms with Crippen molar-refractivity contribution in [2.24, 2.45) is 29.4 Å². The Morgan fingerprint density at radius 3 is 2.44 bits per heavy atom. The quantitative estimate of drug-likeness (QED) is 0.314. The van der Waals surface area contributed by atoms with Crippen molar-refractivity contribution >= 4 is 67.6 Å². The van der Waals surface area contributed by atoms with Crippen LogP contribution in [0.3, 0.4) is 0 Å². The lowest BCUT2D eigenvalue weighted by atomic mass is 9.52. The lowest BCUT2D eigenvalue weighted by molar-refractivity contribution is -0.181. The molecule has 0 aliphatic heterocycles. The van der Waals surface area contributed by atoms with Crippen LogP contribution >= 0.6 is 38.5 Å². The van der Waals surface area contributed by atoms with Crippen molar-refractivity contribution in [3.05, 3.63) is 25.2 Å². The Morgan fingerprint density at radius 2 is 1.88 bits per heavy atom. The normalized spacial score (nSPS) is 34.2. The summed E-state index contributed by atoms with van der Waals surface area (Å²) >= 11 is 5.28. The van der Waals surface area contributed by atoms with Gasteiger partial charge in [-0.25, -0.2) is 0 Å². The van der Waals surface area contributed by atoms with E-state index in [0.29, 0.717) is 13.6 Å². The summed E-state index contributed by atoms with van der Waals surface area (Å²) in [4.78, 5) is 66.5. The number of carbonyl (C=O) groups is 5. The molecule has 6 atom stereocenters. The minimum absolute atomic E-state index is 0.0182. The molecule has 3 aliphatic carbocycles. The summed E-state index contributed by atoms with van der Waals surface area (Å²) in [5.74, 6) is -10.3. The second-order valence-electron chi connectivity index (χ2n) is 8.83. The zero-order valence-corrected chi connectivity index (χ0v) is 20.8. The maximum atomic E-state index is 13.6. The fourth-order valence-corrected chi connectivity index (χ4v) is 7.19. The van der Waals surface area contributed by atoms with Crippen molar-refractivity contribution in [2.45, 2.75) is 24.5 Å². The third-order valence-electron chi connectivity index (χ3n) is 6.96. The lowest BCUT2D eigenvalue weighted by Crippen LogP contribution is -2.74. The van der Waals surface area contributed by atoms with Gasteiger partial charge in [0.1, 0.15) is 5.75 Å². The number of amides is 1. The molecule has 32 heavy (non-hydrogen) atoms. The van der Waals surface area contributed by atoms with Crippen LogP contribution in [-0.4, -0.2) is 69.9 Å². The van der Waals surface area contributed by atoms with Gasteiger partial charge in [0.25, 0.3) is 0 Å². The van der Waals surface area contributed by atoms with Crippen LogP contribution in [0.5, 0.6) is 5.75 Å². The second kappa shape index (κ2) is 7.67. The standard InChI is InChI=1S/C21H20BrIN2O7/c1-25(2)14-8-4-6-3-7-9(22)5-10(23)15(26)12(7)16(27)11(6)18(29)21(8,32)19(30)13(17(14)28)20(24)31/h5-6,8,11,13-14,26,32H,3-4H2,1-2H3,(H2,24,31)/t6-,8-,11?,13?,14-,21-/m0/s1. The minimum Gasteiger partial charge on any atom is -0.506 e. The molecule has 2 saturated carbocycles. The van der Waals surface area contributed by atoms with Crippen molar-refractivity contribution in [1.82, 2.24) is 4.90 Å². The van der Waals surface area contributed by atoms with E-state index in [1.807, 2.05) is 22.6 Å². The molecule has 2 fully saturated rings. The summed E-state index contributed by atoms with van der Waals surface area (Å²) in [6.07, 6.45) is 0.264. The molecule has 0 radical (unpaired) electrons. The number of nitrogens with two attached hydrogens (primary N) is 1. The first kappa shape index (κ1) is 23.5. The Bertz CT molecular complexity index is 1120. The molecule has 0 bridgehead atoms. The van der Waals surface area contributed by atoms with Crippen LogP contribution in [0.4, 0.5) is 0 Å². The predicted octanol–water partition coefficient (Wildman–Crippen LogP) is 0.234. The van der Waals surface area contributed by atoms with E-state index in [2.05, 4.69) is 15.9 Å². The van der Waals surface area contributed by atoms with Crippen molar-refractivity contribution in [2.75, 3.05) is 14.1 Å². The second-order valence-corrected chi connectivity index (χ2v) is 10.8. The molecule has 2 unspecified atom stereocenters. The zero-order valence-electron chi connectivity index (χ0n) is 17.1. The SMILES string of the molecule is CN(C)[C@@H]1C(=O)C(C(N)=O)C(=O)[C@@]2(O)C(=O)C3C(=O)c4c(O)c(I)cc(Br)c4C[C@H]3C[C@@H]12. The highest BCUT2D eigenvalue weighted by atomic mass is 127.